The van der Waals surface area contributed by atoms with E-state index in [4.69, 9.17) is 18.0 Å². The number of amides is 2. The molecule has 0 aromatic heterocycles. The Morgan fingerprint density at radius 1 is 1.28 bits per heavy atom. The van der Waals surface area contributed by atoms with Crippen LogP contribution in [-0.4, -0.2) is 28.2 Å². The van der Waals surface area contributed by atoms with Crippen molar-refractivity contribution in [1.82, 2.24) is 4.90 Å². The van der Waals surface area contributed by atoms with E-state index >= 15 is 0 Å². The van der Waals surface area contributed by atoms with Gasteiger partial charge in [0.05, 0.1) is 16.8 Å². The fraction of sp³-hybridized carbons (Fsp3) is 0.769. The average Bonchev–Trinajstić information content (AvgIpc) is 2.81. The van der Waals surface area contributed by atoms with Crippen LogP contribution in [0.15, 0.2) is 0 Å². The van der Waals surface area contributed by atoms with Gasteiger partial charge >= 0.3 is 0 Å². The van der Waals surface area contributed by atoms with E-state index in [2.05, 4.69) is 0 Å². The van der Waals surface area contributed by atoms with Crippen molar-refractivity contribution < 1.29 is 9.59 Å². The zero-order chi connectivity index (χ0) is 12.9. The molecule has 2 amide bonds. The summed E-state index contributed by atoms with van der Waals surface area (Å²) in [7, 11) is 0. The lowest BCUT2D eigenvalue weighted by molar-refractivity contribution is -0.141. The van der Waals surface area contributed by atoms with Gasteiger partial charge in [0, 0.05) is 13.0 Å². The summed E-state index contributed by atoms with van der Waals surface area (Å²) in [5.41, 5.74) is 5.61. The zero-order valence-electron chi connectivity index (χ0n) is 10.4. The van der Waals surface area contributed by atoms with Crippen LogP contribution in [0.5, 0.6) is 0 Å². The summed E-state index contributed by atoms with van der Waals surface area (Å²) < 4.78 is 0. The van der Waals surface area contributed by atoms with Gasteiger partial charge in [0.15, 0.2) is 0 Å². The van der Waals surface area contributed by atoms with Gasteiger partial charge < -0.3 is 5.73 Å². The summed E-state index contributed by atoms with van der Waals surface area (Å²) in [5.74, 6) is 0.0460. The molecule has 2 N–H and O–H groups in total. The predicted octanol–water partition coefficient (Wildman–Crippen LogP) is 1.23. The number of rotatable bonds is 4. The Hall–Kier alpha value is -0.970. The Balaban J connectivity index is 1.72. The van der Waals surface area contributed by atoms with Crippen LogP contribution in [0, 0.1) is 17.3 Å². The van der Waals surface area contributed by atoms with Crippen molar-refractivity contribution in [2.75, 3.05) is 6.54 Å². The molecule has 3 fully saturated rings. The van der Waals surface area contributed by atoms with E-state index < -0.39 is 0 Å². The number of hydrogen-bond acceptors (Lipinski definition) is 3. The monoisotopic (exact) mass is 266 g/mol. The molecular formula is C13H18N2O2S. The lowest BCUT2D eigenvalue weighted by Gasteiger charge is -2.22. The molecule has 5 heteroatoms. The number of imide groups is 1. The number of carbonyl (C=O) groups is 2. The van der Waals surface area contributed by atoms with Gasteiger partial charge in [-0.2, -0.15) is 0 Å². The molecule has 18 heavy (non-hydrogen) atoms. The van der Waals surface area contributed by atoms with E-state index in [1.807, 2.05) is 0 Å². The van der Waals surface area contributed by atoms with Crippen molar-refractivity contribution in [1.29, 1.82) is 0 Å². The summed E-state index contributed by atoms with van der Waals surface area (Å²) in [6.07, 6.45) is 5.49. The molecule has 1 aliphatic heterocycles. The van der Waals surface area contributed by atoms with E-state index in [0.717, 1.165) is 32.1 Å². The molecule has 2 unspecified atom stereocenters. The molecule has 2 aliphatic carbocycles. The maximum atomic E-state index is 12.2. The molecular weight excluding hydrogens is 248 g/mol. The summed E-state index contributed by atoms with van der Waals surface area (Å²) >= 11 is 4.95. The van der Waals surface area contributed by atoms with Crippen LogP contribution in [0.2, 0.25) is 0 Å². The molecule has 3 rings (SSSR count). The molecule has 0 bridgehead atoms. The number of nitrogens with two attached hydrogens (primary N) is 1. The Kier molecular flexibility index (Phi) is 2.70. The van der Waals surface area contributed by atoms with Gasteiger partial charge in [-0.15, -0.1) is 0 Å². The highest BCUT2D eigenvalue weighted by Gasteiger charge is 2.54. The second kappa shape index (κ2) is 4.02. The van der Waals surface area contributed by atoms with Gasteiger partial charge in [0.2, 0.25) is 11.8 Å². The van der Waals surface area contributed by atoms with Gasteiger partial charge in [-0.05, 0) is 31.1 Å². The normalized spacial score (nSPS) is 32.8. The first kappa shape index (κ1) is 12.1. The number of thiocarbonyl (C=S) groups is 1. The summed E-state index contributed by atoms with van der Waals surface area (Å²) in [6, 6.07) is 0. The van der Waals surface area contributed by atoms with Crippen LogP contribution in [0.1, 0.15) is 38.5 Å². The third kappa shape index (κ3) is 1.85. The number of fused-ring (bicyclic) bond motifs is 1. The minimum absolute atomic E-state index is 0.00971. The first-order valence-electron chi connectivity index (χ1n) is 6.66. The molecule has 98 valence electrons. The third-order valence-electron chi connectivity index (χ3n) is 4.68. The predicted molar refractivity (Wildman–Crippen MR) is 70.6 cm³/mol. The maximum absolute atomic E-state index is 12.2. The molecule has 2 atom stereocenters. The van der Waals surface area contributed by atoms with Crippen LogP contribution in [0.3, 0.4) is 0 Å². The van der Waals surface area contributed by atoms with E-state index in [1.165, 1.54) is 4.90 Å². The Morgan fingerprint density at radius 3 is 2.28 bits per heavy atom. The first-order chi connectivity index (χ1) is 8.52. The van der Waals surface area contributed by atoms with Gasteiger partial charge in [-0.3, -0.25) is 14.5 Å². The highest BCUT2D eigenvalue weighted by atomic mass is 32.1. The third-order valence-corrected chi connectivity index (χ3v) is 4.83. The molecule has 4 nitrogen and oxygen atoms in total. The maximum Gasteiger partial charge on any atom is 0.233 e. The second-order valence-corrected chi connectivity index (χ2v) is 6.57. The lowest BCUT2D eigenvalue weighted by Crippen LogP contribution is -2.38. The number of carbonyl (C=O) groups excluding carboxylic acids is 2. The van der Waals surface area contributed by atoms with Crippen molar-refractivity contribution in [3.05, 3.63) is 0 Å². The fourth-order valence-electron chi connectivity index (χ4n) is 3.49. The summed E-state index contributed by atoms with van der Waals surface area (Å²) in [4.78, 5) is 26.5. The van der Waals surface area contributed by atoms with E-state index in [1.54, 1.807) is 0 Å². The highest BCUT2D eigenvalue weighted by molar-refractivity contribution is 7.80. The Morgan fingerprint density at radius 2 is 1.83 bits per heavy atom. The van der Waals surface area contributed by atoms with Crippen LogP contribution in [-0.2, 0) is 9.59 Å². The minimum atomic E-state index is -0.0295. The van der Waals surface area contributed by atoms with E-state index in [0.29, 0.717) is 18.0 Å². The van der Waals surface area contributed by atoms with E-state index in [-0.39, 0.29) is 29.1 Å². The van der Waals surface area contributed by atoms with Crippen LogP contribution in [0.25, 0.3) is 0 Å². The molecule has 0 radical (unpaired) electrons. The molecule has 2 saturated carbocycles. The number of hydrogen-bond donors (Lipinski definition) is 1. The zero-order valence-corrected chi connectivity index (χ0v) is 11.2. The number of likely N-dealkylation sites (tertiary alicyclic amines) is 1. The van der Waals surface area contributed by atoms with Crippen LogP contribution >= 0.6 is 12.2 Å². The highest BCUT2D eigenvalue weighted by Crippen LogP contribution is 2.51. The molecule has 0 aromatic carbocycles. The van der Waals surface area contributed by atoms with Gasteiger partial charge in [-0.25, -0.2) is 0 Å². The van der Waals surface area contributed by atoms with Crippen molar-refractivity contribution in [2.45, 2.75) is 38.5 Å². The fourth-order valence-corrected chi connectivity index (χ4v) is 3.79. The quantitative estimate of drug-likeness (QED) is 0.614. The first-order valence-corrected chi connectivity index (χ1v) is 7.07. The standard InChI is InChI=1S/C13H18N2O2S/c14-10(18)6-13(4-5-13)7-15-11(16)8-2-1-3-9(8)12(15)17/h8-9H,1-7H2,(H2,14,18). The molecule has 1 saturated heterocycles. The van der Waals surface area contributed by atoms with Crippen molar-refractivity contribution >= 4 is 29.0 Å². The lowest BCUT2D eigenvalue weighted by atomic mass is 10.00. The number of nitrogens with zero attached hydrogens (tertiary/aromatic N) is 1. The van der Waals surface area contributed by atoms with Crippen molar-refractivity contribution in [3.8, 4) is 0 Å². The van der Waals surface area contributed by atoms with Gasteiger partial charge in [-0.1, -0.05) is 18.6 Å². The van der Waals surface area contributed by atoms with E-state index in [9.17, 15) is 9.59 Å². The summed E-state index contributed by atoms with van der Waals surface area (Å²) in [6.45, 7) is 0.537. The largest absolute Gasteiger partial charge is 0.393 e. The average molecular weight is 266 g/mol. The smallest absolute Gasteiger partial charge is 0.233 e. The SMILES string of the molecule is NC(=S)CC1(CN2C(=O)C3CCCC3C2=O)CC1. The topological polar surface area (TPSA) is 63.4 Å². The van der Waals surface area contributed by atoms with Crippen LogP contribution < -0.4 is 5.73 Å². The Labute approximate surface area is 112 Å². The summed E-state index contributed by atoms with van der Waals surface area (Å²) in [5, 5.41) is 0. The molecule has 1 heterocycles. The van der Waals surface area contributed by atoms with Crippen molar-refractivity contribution in [3.63, 3.8) is 0 Å². The Bertz CT molecular complexity index is 409. The van der Waals surface area contributed by atoms with Crippen LogP contribution in [0.4, 0.5) is 0 Å². The van der Waals surface area contributed by atoms with Crippen molar-refractivity contribution in [2.24, 2.45) is 23.0 Å². The minimum Gasteiger partial charge on any atom is -0.393 e. The molecule has 0 spiro atoms. The molecule has 0 aromatic rings. The van der Waals surface area contributed by atoms with Gasteiger partial charge in [0.25, 0.3) is 0 Å². The second-order valence-electron chi connectivity index (χ2n) is 6.05. The molecule has 3 aliphatic rings. The van der Waals surface area contributed by atoms with Gasteiger partial charge in [0.1, 0.15) is 0 Å².